The maximum Gasteiger partial charge on any atom is 0.323 e. The third kappa shape index (κ3) is 4.79. The summed E-state index contributed by atoms with van der Waals surface area (Å²) in [5, 5.41) is 10.3. The summed E-state index contributed by atoms with van der Waals surface area (Å²) in [6, 6.07) is 39.1. The van der Waals surface area contributed by atoms with Crippen molar-refractivity contribution in [1.82, 2.24) is 4.90 Å². The largest absolute Gasteiger partial charge is 0.480 e. The van der Waals surface area contributed by atoms with Gasteiger partial charge in [0.15, 0.2) is 0 Å². The van der Waals surface area contributed by atoms with Gasteiger partial charge >= 0.3 is 5.97 Å². The third-order valence-electron chi connectivity index (χ3n) is 6.24. The lowest BCUT2D eigenvalue weighted by Gasteiger charge is -2.46. The summed E-state index contributed by atoms with van der Waals surface area (Å²) in [7, 11) is 1.87. The van der Waals surface area contributed by atoms with Gasteiger partial charge in [0.2, 0.25) is 0 Å². The number of carbonyl (C=O) groups is 1. The summed E-state index contributed by atoms with van der Waals surface area (Å²) in [5.41, 5.74) is 3.15. The summed E-state index contributed by atoms with van der Waals surface area (Å²) in [6.45, 7) is 0.405. The van der Waals surface area contributed by atoms with E-state index >= 15 is 0 Å². The van der Waals surface area contributed by atoms with Crippen molar-refractivity contribution in [2.24, 2.45) is 0 Å². The summed E-state index contributed by atoms with van der Waals surface area (Å²) < 4.78 is 5.94. The van der Waals surface area contributed by atoms with Gasteiger partial charge in [-0.15, -0.1) is 0 Å². The van der Waals surface area contributed by atoms with E-state index in [0.717, 1.165) is 22.3 Å². The number of hydrogen-bond acceptors (Lipinski definition) is 3. The Morgan fingerprint density at radius 3 is 1.50 bits per heavy atom. The Labute approximate surface area is 201 Å². The van der Waals surface area contributed by atoms with Gasteiger partial charge < -0.3 is 9.84 Å². The number of carboxylic acid groups (broad SMARTS) is 1. The van der Waals surface area contributed by atoms with Crippen LogP contribution in [0.2, 0.25) is 0 Å². The first-order valence-corrected chi connectivity index (χ1v) is 11.4. The Morgan fingerprint density at radius 1 is 0.735 bits per heavy atom. The number of benzene rings is 4. The van der Waals surface area contributed by atoms with Gasteiger partial charge in [-0.25, -0.2) is 0 Å². The topological polar surface area (TPSA) is 49.8 Å². The minimum Gasteiger partial charge on any atom is -0.480 e. The minimum absolute atomic E-state index is 0.0506. The Hall–Kier alpha value is -3.73. The average Bonchev–Trinajstić information content (AvgIpc) is 2.89. The second-order valence-corrected chi connectivity index (χ2v) is 8.27. The summed E-state index contributed by atoms with van der Waals surface area (Å²) in [6.07, 6.45) is 0. The number of likely N-dealkylation sites (N-methyl/N-ethyl adjacent to an activating group) is 1. The summed E-state index contributed by atoms with van der Waals surface area (Å²) in [4.78, 5) is 14.5. The lowest BCUT2D eigenvalue weighted by atomic mass is 9.75. The molecular weight excluding hydrogens is 422 g/mol. The van der Waals surface area contributed by atoms with E-state index < -0.39 is 17.6 Å². The number of rotatable bonds is 10. The number of ether oxygens (including phenoxy) is 1. The number of nitrogens with zero attached hydrogens (tertiary/aromatic N) is 1. The zero-order valence-electron chi connectivity index (χ0n) is 19.2. The zero-order chi connectivity index (χ0) is 23.8. The molecule has 0 saturated heterocycles. The molecule has 1 unspecified atom stereocenters. The van der Waals surface area contributed by atoms with Crippen LogP contribution in [-0.2, 0) is 21.7 Å². The van der Waals surface area contributed by atoms with Crippen molar-refractivity contribution >= 4 is 5.97 Å². The van der Waals surface area contributed by atoms with Crippen LogP contribution in [0.15, 0.2) is 121 Å². The third-order valence-corrected chi connectivity index (χ3v) is 6.24. The van der Waals surface area contributed by atoms with Crippen molar-refractivity contribution in [3.63, 3.8) is 0 Å². The van der Waals surface area contributed by atoms with Gasteiger partial charge in [-0.3, -0.25) is 9.69 Å². The van der Waals surface area contributed by atoms with Crippen LogP contribution in [0.5, 0.6) is 0 Å². The quantitative estimate of drug-likeness (QED) is 0.320. The Morgan fingerprint density at radius 2 is 1.12 bits per heavy atom. The molecule has 0 amide bonds. The normalized spacial score (nSPS) is 12.4. The van der Waals surface area contributed by atoms with E-state index in [9.17, 15) is 9.90 Å². The Kier molecular flexibility index (Phi) is 7.53. The van der Waals surface area contributed by atoms with Gasteiger partial charge in [-0.05, 0) is 29.3 Å². The lowest BCUT2D eigenvalue weighted by Crippen LogP contribution is -2.55. The van der Waals surface area contributed by atoms with Crippen LogP contribution < -0.4 is 0 Å². The highest BCUT2D eigenvalue weighted by Crippen LogP contribution is 2.42. The molecule has 4 heteroatoms. The van der Waals surface area contributed by atoms with E-state index in [1.807, 2.05) is 96.9 Å². The molecular formula is C30H29NO3. The van der Waals surface area contributed by atoms with E-state index in [4.69, 9.17) is 4.74 Å². The summed E-state index contributed by atoms with van der Waals surface area (Å²) >= 11 is 0. The Balaban J connectivity index is 1.80. The highest BCUT2D eigenvalue weighted by molar-refractivity contribution is 5.74. The molecule has 0 spiro atoms. The van der Waals surface area contributed by atoms with Crippen molar-refractivity contribution < 1.29 is 14.6 Å². The predicted octanol–water partition coefficient (Wildman–Crippen LogP) is 5.58. The lowest BCUT2D eigenvalue weighted by molar-refractivity contribution is -0.147. The second kappa shape index (κ2) is 10.9. The molecule has 0 bridgehead atoms. The first-order chi connectivity index (χ1) is 16.6. The highest BCUT2D eigenvalue weighted by Gasteiger charge is 2.45. The predicted molar refractivity (Wildman–Crippen MR) is 134 cm³/mol. The highest BCUT2D eigenvalue weighted by atomic mass is 16.5. The molecule has 1 N–H and O–H groups in total. The fourth-order valence-electron chi connectivity index (χ4n) is 4.59. The molecule has 4 aromatic carbocycles. The number of aliphatic carboxylic acids is 1. The van der Waals surface area contributed by atoms with Gasteiger partial charge in [-0.1, -0.05) is 121 Å². The molecule has 4 rings (SSSR count). The number of hydrogen-bond donors (Lipinski definition) is 1. The number of carboxylic acids is 1. The minimum atomic E-state index is -0.928. The van der Waals surface area contributed by atoms with Crippen LogP contribution >= 0.6 is 0 Å². The summed E-state index contributed by atoms with van der Waals surface area (Å²) in [5.74, 6) is -0.928. The van der Waals surface area contributed by atoms with E-state index in [-0.39, 0.29) is 6.61 Å². The van der Waals surface area contributed by atoms with Crippen LogP contribution in [0.25, 0.3) is 0 Å². The van der Waals surface area contributed by atoms with Gasteiger partial charge in [0.25, 0.3) is 0 Å². The molecule has 4 aromatic rings. The van der Waals surface area contributed by atoms with E-state index in [1.165, 1.54) is 0 Å². The molecule has 0 radical (unpaired) electrons. The van der Waals surface area contributed by atoms with E-state index in [2.05, 4.69) is 36.4 Å². The van der Waals surface area contributed by atoms with Crippen molar-refractivity contribution in [1.29, 1.82) is 0 Å². The monoisotopic (exact) mass is 451 g/mol. The standard InChI is InChI=1S/C30H29NO3/c1-31(28(29(32)33)23-34-22-24-14-6-2-7-15-24)30(25-16-8-3-9-17-25,26-18-10-4-11-19-26)27-20-12-5-13-21-27/h2-21,28H,22-23H2,1H3,(H,32,33). The van der Waals surface area contributed by atoms with E-state index in [0.29, 0.717) is 6.61 Å². The van der Waals surface area contributed by atoms with Crippen LogP contribution in [0.4, 0.5) is 0 Å². The second-order valence-electron chi connectivity index (χ2n) is 8.27. The smallest absolute Gasteiger partial charge is 0.323 e. The maximum absolute atomic E-state index is 12.6. The average molecular weight is 452 g/mol. The zero-order valence-corrected chi connectivity index (χ0v) is 19.2. The van der Waals surface area contributed by atoms with Gasteiger partial charge in [0.1, 0.15) is 6.04 Å². The molecule has 172 valence electrons. The fraction of sp³-hybridized carbons (Fsp3) is 0.167. The van der Waals surface area contributed by atoms with Gasteiger partial charge in [0, 0.05) is 0 Å². The molecule has 0 aliphatic heterocycles. The fourth-order valence-corrected chi connectivity index (χ4v) is 4.59. The van der Waals surface area contributed by atoms with E-state index in [1.54, 1.807) is 0 Å². The van der Waals surface area contributed by atoms with Crippen molar-refractivity contribution in [3.05, 3.63) is 144 Å². The molecule has 0 aliphatic carbocycles. The van der Waals surface area contributed by atoms with Gasteiger partial charge in [-0.2, -0.15) is 0 Å². The Bertz CT molecular complexity index is 1070. The van der Waals surface area contributed by atoms with Crippen molar-refractivity contribution in [2.45, 2.75) is 18.2 Å². The van der Waals surface area contributed by atoms with Crippen LogP contribution in [0.1, 0.15) is 22.3 Å². The molecule has 0 saturated carbocycles. The molecule has 0 aliphatic rings. The molecule has 0 heterocycles. The van der Waals surface area contributed by atoms with Crippen LogP contribution in [-0.4, -0.2) is 35.7 Å². The van der Waals surface area contributed by atoms with Crippen LogP contribution in [0.3, 0.4) is 0 Å². The molecule has 0 fully saturated rings. The molecule has 34 heavy (non-hydrogen) atoms. The molecule has 0 aromatic heterocycles. The van der Waals surface area contributed by atoms with Crippen LogP contribution in [0, 0.1) is 0 Å². The van der Waals surface area contributed by atoms with Crippen molar-refractivity contribution in [2.75, 3.05) is 13.7 Å². The first-order valence-electron chi connectivity index (χ1n) is 11.4. The van der Waals surface area contributed by atoms with Gasteiger partial charge in [0.05, 0.1) is 18.8 Å². The maximum atomic E-state index is 12.6. The first kappa shape index (κ1) is 23.4. The van der Waals surface area contributed by atoms with Crippen molar-refractivity contribution in [3.8, 4) is 0 Å². The molecule has 4 nitrogen and oxygen atoms in total. The SMILES string of the molecule is CN(C(COCc1ccccc1)C(=O)O)C(c1ccccc1)(c1ccccc1)c1ccccc1. The molecule has 1 atom stereocenters.